The number of aryl methyl sites for hydroxylation is 1. The Hall–Kier alpha value is -3.40. The zero-order chi connectivity index (χ0) is 22.5. The van der Waals surface area contributed by atoms with Crippen molar-refractivity contribution in [3.8, 4) is 34.3 Å². The highest BCUT2D eigenvalue weighted by Gasteiger charge is 2.52. The average Bonchev–Trinajstić information content (AvgIpc) is 2.79. The van der Waals surface area contributed by atoms with Crippen LogP contribution >= 0.6 is 0 Å². The number of piperidine rings is 2. The van der Waals surface area contributed by atoms with Crippen LogP contribution in [0.15, 0.2) is 41.5 Å². The molecule has 0 radical (unpaired) electrons. The molecule has 2 saturated heterocycles. The van der Waals surface area contributed by atoms with Gasteiger partial charge in [0.1, 0.15) is 18.2 Å². The fourth-order valence-corrected chi connectivity index (χ4v) is 4.39. The molecule has 2 aromatic heterocycles. The van der Waals surface area contributed by atoms with E-state index >= 15 is 0 Å². The Morgan fingerprint density at radius 3 is 2.78 bits per heavy atom. The minimum absolute atomic E-state index is 0.0536. The van der Waals surface area contributed by atoms with Gasteiger partial charge >= 0.3 is 5.69 Å². The highest BCUT2D eigenvalue weighted by atomic mass is 19.1. The molecule has 0 spiro atoms. The molecule has 2 aliphatic heterocycles. The van der Waals surface area contributed by atoms with Crippen LogP contribution in [0.4, 0.5) is 4.39 Å². The van der Waals surface area contributed by atoms with Crippen LogP contribution in [0.1, 0.15) is 19.8 Å². The van der Waals surface area contributed by atoms with Crippen LogP contribution in [0.25, 0.3) is 22.6 Å². The summed E-state index contributed by atoms with van der Waals surface area (Å²) in [5.74, 6) is 0.516. The van der Waals surface area contributed by atoms with Crippen molar-refractivity contribution in [2.45, 2.75) is 37.6 Å². The number of alkyl halides is 1. The van der Waals surface area contributed by atoms with Crippen LogP contribution in [-0.4, -0.2) is 54.2 Å². The molecule has 2 bridgehead atoms. The Morgan fingerprint density at radius 2 is 2.12 bits per heavy atom. The van der Waals surface area contributed by atoms with Crippen molar-refractivity contribution in [3.05, 3.63) is 47.1 Å². The van der Waals surface area contributed by atoms with E-state index in [-0.39, 0.29) is 23.4 Å². The normalized spacial score (nSPS) is 26.8. The van der Waals surface area contributed by atoms with Gasteiger partial charge in [0.25, 0.3) is 0 Å². The summed E-state index contributed by atoms with van der Waals surface area (Å²) in [5.41, 5.74) is 0.384. The molecule has 9 nitrogen and oxygen atoms in total. The van der Waals surface area contributed by atoms with E-state index in [1.54, 1.807) is 31.3 Å². The second kappa shape index (κ2) is 7.63. The standard InChI is InChI=1S/C22H23FN6O3/c1-22-8-7-13(10-25-22)18(19(22)23)32-17-6-5-15(27-28-17)14-4-3-12(9-16(14)30)20-24-11-29(2)21(31)26-20/h3-6,9,11,13,18-19,25,30H,7-8,10H2,1-2H3/t13-,18+,19+,22-/m1/s1. The molecular formula is C22H23FN6O3. The SMILES string of the molecule is Cn1cnc(-c2ccc(-c3ccc(O[C@H]4[C@@H]5CC[C@@](C)(NC5)[C@H]4F)nn3)c(O)c2)nc1=O. The number of hydrogen-bond donors (Lipinski definition) is 2. The molecule has 3 aliphatic rings. The Kier molecular flexibility index (Phi) is 4.89. The van der Waals surface area contributed by atoms with Gasteiger partial charge in [-0.3, -0.25) is 4.57 Å². The number of aromatic hydroxyl groups is 1. The second-order valence-corrected chi connectivity index (χ2v) is 8.64. The van der Waals surface area contributed by atoms with Crippen molar-refractivity contribution >= 4 is 0 Å². The van der Waals surface area contributed by atoms with Crippen LogP contribution < -0.4 is 15.7 Å². The van der Waals surface area contributed by atoms with E-state index in [4.69, 9.17) is 4.74 Å². The third-order valence-electron chi connectivity index (χ3n) is 6.45. The molecule has 32 heavy (non-hydrogen) atoms. The maximum atomic E-state index is 14.9. The highest BCUT2D eigenvalue weighted by Crippen LogP contribution is 2.40. The van der Waals surface area contributed by atoms with Crippen LogP contribution in [0.3, 0.4) is 0 Å². The van der Waals surface area contributed by atoms with Gasteiger partial charge in [0.05, 0.1) is 11.2 Å². The zero-order valence-corrected chi connectivity index (χ0v) is 17.7. The van der Waals surface area contributed by atoms with Gasteiger partial charge in [-0.25, -0.2) is 14.2 Å². The molecule has 4 heterocycles. The number of nitrogens with zero attached hydrogens (tertiary/aromatic N) is 5. The van der Waals surface area contributed by atoms with Gasteiger partial charge in [0.2, 0.25) is 5.88 Å². The molecule has 1 aliphatic carbocycles. The van der Waals surface area contributed by atoms with Gasteiger partial charge in [0.15, 0.2) is 12.0 Å². The summed E-state index contributed by atoms with van der Waals surface area (Å²) >= 11 is 0. The predicted molar refractivity (Wildman–Crippen MR) is 114 cm³/mol. The lowest BCUT2D eigenvalue weighted by Crippen LogP contribution is -2.68. The molecule has 1 aromatic carbocycles. The Bertz CT molecular complexity index is 1210. The molecule has 0 amide bonds. The zero-order valence-electron chi connectivity index (χ0n) is 17.7. The topological polar surface area (TPSA) is 115 Å². The molecule has 1 saturated carbocycles. The van der Waals surface area contributed by atoms with Crippen LogP contribution in [0, 0.1) is 5.92 Å². The lowest BCUT2D eigenvalue weighted by atomic mass is 9.70. The van der Waals surface area contributed by atoms with Crippen molar-refractivity contribution in [2.24, 2.45) is 13.0 Å². The molecule has 3 aromatic rings. The van der Waals surface area contributed by atoms with Crippen molar-refractivity contribution in [1.82, 2.24) is 30.0 Å². The maximum absolute atomic E-state index is 14.9. The van der Waals surface area contributed by atoms with Crippen LogP contribution in [0.2, 0.25) is 0 Å². The number of phenols is 1. The molecule has 6 rings (SSSR count). The van der Waals surface area contributed by atoms with Crippen molar-refractivity contribution in [3.63, 3.8) is 0 Å². The van der Waals surface area contributed by atoms with Crippen LogP contribution in [0.5, 0.6) is 11.6 Å². The maximum Gasteiger partial charge on any atom is 0.350 e. The number of aromatic nitrogens is 5. The van der Waals surface area contributed by atoms with Gasteiger partial charge < -0.3 is 15.2 Å². The quantitative estimate of drug-likeness (QED) is 0.634. The van der Waals surface area contributed by atoms with E-state index in [9.17, 15) is 14.3 Å². The number of rotatable bonds is 4. The largest absolute Gasteiger partial charge is 0.507 e. The average molecular weight is 438 g/mol. The minimum Gasteiger partial charge on any atom is -0.507 e. The monoisotopic (exact) mass is 438 g/mol. The van der Waals surface area contributed by atoms with E-state index in [2.05, 4.69) is 25.5 Å². The number of hydrogen-bond acceptors (Lipinski definition) is 8. The molecule has 4 atom stereocenters. The first-order valence-corrected chi connectivity index (χ1v) is 10.5. The summed E-state index contributed by atoms with van der Waals surface area (Å²) in [4.78, 5) is 19.7. The second-order valence-electron chi connectivity index (χ2n) is 8.64. The van der Waals surface area contributed by atoms with E-state index in [0.29, 0.717) is 16.8 Å². The summed E-state index contributed by atoms with van der Waals surface area (Å²) in [6, 6.07) is 8.11. The summed E-state index contributed by atoms with van der Waals surface area (Å²) < 4.78 is 22.1. The Balaban J connectivity index is 1.35. The van der Waals surface area contributed by atoms with Gasteiger partial charge in [-0.15, -0.1) is 10.2 Å². The van der Waals surface area contributed by atoms with Crippen molar-refractivity contribution in [1.29, 1.82) is 0 Å². The first-order chi connectivity index (χ1) is 15.3. The molecular weight excluding hydrogens is 415 g/mol. The highest BCUT2D eigenvalue weighted by molar-refractivity contribution is 5.71. The number of ether oxygens (including phenoxy) is 1. The van der Waals surface area contributed by atoms with Crippen molar-refractivity contribution < 1.29 is 14.2 Å². The summed E-state index contributed by atoms with van der Waals surface area (Å²) in [7, 11) is 1.56. The molecule has 0 unspecified atom stereocenters. The molecule has 2 N–H and O–H groups in total. The fourth-order valence-electron chi connectivity index (χ4n) is 4.39. The van der Waals surface area contributed by atoms with Gasteiger partial charge in [0, 0.05) is 36.7 Å². The van der Waals surface area contributed by atoms with Crippen LogP contribution in [-0.2, 0) is 7.05 Å². The number of fused-ring (bicyclic) bond motifs is 3. The first kappa shape index (κ1) is 20.5. The van der Waals surface area contributed by atoms with Gasteiger partial charge in [-0.05, 0) is 38.0 Å². The number of halogens is 1. The number of benzene rings is 1. The van der Waals surface area contributed by atoms with Gasteiger partial charge in [-0.1, -0.05) is 6.07 Å². The summed E-state index contributed by atoms with van der Waals surface area (Å²) in [5, 5.41) is 22.0. The third kappa shape index (κ3) is 3.50. The number of phenolic OH excluding ortho intramolecular Hbond substituents is 1. The van der Waals surface area contributed by atoms with E-state index in [1.807, 2.05) is 6.92 Å². The van der Waals surface area contributed by atoms with E-state index in [1.165, 1.54) is 17.0 Å². The third-order valence-corrected chi connectivity index (χ3v) is 6.45. The van der Waals surface area contributed by atoms with Gasteiger partial charge in [-0.2, -0.15) is 4.98 Å². The molecule has 166 valence electrons. The van der Waals surface area contributed by atoms with Crippen molar-refractivity contribution in [2.75, 3.05) is 6.54 Å². The molecule has 10 heteroatoms. The lowest BCUT2D eigenvalue weighted by molar-refractivity contribution is -0.0729. The summed E-state index contributed by atoms with van der Waals surface area (Å²) in [6.45, 7) is 2.62. The molecule has 3 fully saturated rings. The minimum atomic E-state index is -1.12. The predicted octanol–water partition coefficient (Wildman–Crippen LogP) is 1.86. The number of nitrogens with one attached hydrogen (secondary N) is 1. The summed E-state index contributed by atoms with van der Waals surface area (Å²) in [6.07, 6.45) is 1.40. The smallest absolute Gasteiger partial charge is 0.350 e. The lowest BCUT2D eigenvalue weighted by Gasteiger charge is -2.51. The van der Waals surface area contributed by atoms with E-state index in [0.717, 1.165) is 19.4 Å². The van der Waals surface area contributed by atoms with E-state index < -0.39 is 23.5 Å². The Morgan fingerprint density at radius 1 is 1.28 bits per heavy atom. The first-order valence-electron chi connectivity index (χ1n) is 10.5. The fraction of sp³-hybridized carbons (Fsp3) is 0.409. The Labute approximate surface area is 183 Å².